The molecule has 0 aromatic rings. The summed E-state index contributed by atoms with van der Waals surface area (Å²) in [5, 5.41) is 0. The zero-order chi connectivity index (χ0) is 16.6. The molecule has 1 aliphatic heterocycles. The van der Waals surface area contributed by atoms with Crippen LogP contribution in [-0.4, -0.2) is 24.8 Å². The Morgan fingerprint density at radius 1 is 1.04 bits per heavy atom. The van der Waals surface area contributed by atoms with Crippen molar-refractivity contribution in [2.45, 2.75) is 71.0 Å². The highest BCUT2D eigenvalue weighted by Crippen LogP contribution is 2.68. The zero-order valence-electron chi connectivity index (χ0n) is 15.1. The number of hydrogen-bond acceptors (Lipinski definition) is 3. The van der Waals surface area contributed by atoms with Crippen LogP contribution in [0.4, 0.5) is 0 Å². The van der Waals surface area contributed by atoms with Gasteiger partial charge in [0.25, 0.3) is 0 Å². The average Bonchev–Trinajstić information content (AvgIpc) is 3.15. The monoisotopic (exact) mass is 330 g/mol. The van der Waals surface area contributed by atoms with Gasteiger partial charge in [0, 0.05) is 24.7 Å². The summed E-state index contributed by atoms with van der Waals surface area (Å²) >= 11 is 0. The number of carbonyl (C=O) groups excluding carboxylic acids is 1. The van der Waals surface area contributed by atoms with Gasteiger partial charge >= 0.3 is 0 Å². The van der Waals surface area contributed by atoms with Crippen LogP contribution in [0.15, 0.2) is 11.6 Å². The Hall–Kier alpha value is -0.670. The third-order valence-electron chi connectivity index (χ3n) is 8.73. The van der Waals surface area contributed by atoms with E-state index in [0.29, 0.717) is 11.7 Å². The Bertz CT molecular complexity index is 602. The lowest BCUT2D eigenvalue weighted by atomic mass is 9.48. The second kappa shape index (κ2) is 4.94. The standard InChI is InChI=1S/C21H30O3/c1-19-8-5-15(22)13-14(19)3-4-16-17(19)6-9-20(2)18(16)7-10-21(20)23-11-12-24-21/h3,16-18H,4-13H2,1-2H3/t16-,17?,18?,19+,20+/m1/s1. The van der Waals surface area contributed by atoms with Crippen LogP contribution >= 0.6 is 0 Å². The predicted octanol–water partition coefficient (Wildman–Crippen LogP) is 4.26. The van der Waals surface area contributed by atoms with Crippen molar-refractivity contribution in [2.24, 2.45) is 28.6 Å². The Balaban J connectivity index is 1.50. The van der Waals surface area contributed by atoms with E-state index in [1.54, 1.807) is 0 Å². The van der Waals surface area contributed by atoms with E-state index in [-0.39, 0.29) is 16.6 Å². The molecule has 2 unspecified atom stereocenters. The van der Waals surface area contributed by atoms with Crippen LogP contribution < -0.4 is 0 Å². The lowest BCUT2D eigenvalue weighted by molar-refractivity contribution is -0.241. The summed E-state index contributed by atoms with van der Waals surface area (Å²) in [6, 6.07) is 0. The summed E-state index contributed by atoms with van der Waals surface area (Å²) < 4.78 is 12.4. The van der Waals surface area contributed by atoms with E-state index in [9.17, 15) is 4.79 Å². The van der Waals surface area contributed by atoms with Gasteiger partial charge in [-0.2, -0.15) is 0 Å². The maximum absolute atomic E-state index is 11.9. The fourth-order valence-electron chi connectivity index (χ4n) is 7.36. The summed E-state index contributed by atoms with van der Waals surface area (Å²) in [6.45, 7) is 6.43. The molecule has 5 rings (SSSR count). The minimum Gasteiger partial charge on any atom is -0.347 e. The molecule has 0 aromatic heterocycles. The molecule has 0 amide bonds. The van der Waals surface area contributed by atoms with E-state index in [2.05, 4.69) is 19.9 Å². The molecule has 4 aliphatic carbocycles. The molecule has 132 valence electrons. The van der Waals surface area contributed by atoms with Crippen LogP contribution in [0.2, 0.25) is 0 Å². The van der Waals surface area contributed by atoms with Crippen molar-refractivity contribution in [3.63, 3.8) is 0 Å². The number of Topliss-reactive ketones (excluding diaryl/α,β-unsaturated/α-hetero) is 1. The molecular formula is C21H30O3. The van der Waals surface area contributed by atoms with Gasteiger partial charge in [-0.05, 0) is 55.3 Å². The van der Waals surface area contributed by atoms with Gasteiger partial charge in [-0.15, -0.1) is 0 Å². The van der Waals surface area contributed by atoms with Crippen molar-refractivity contribution < 1.29 is 14.3 Å². The lowest BCUT2D eigenvalue weighted by Gasteiger charge is -2.58. The summed E-state index contributed by atoms with van der Waals surface area (Å²) in [6.07, 6.45) is 11.0. The molecule has 24 heavy (non-hydrogen) atoms. The zero-order valence-corrected chi connectivity index (χ0v) is 15.1. The minimum atomic E-state index is -0.296. The summed E-state index contributed by atoms with van der Waals surface area (Å²) in [5.74, 6) is 2.36. The topological polar surface area (TPSA) is 35.5 Å². The third-order valence-corrected chi connectivity index (χ3v) is 8.73. The summed E-state index contributed by atoms with van der Waals surface area (Å²) in [7, 11) is 0. The summed E-state index contributed by atoms with van der Waals surface area (Å²) in [5.41, 5.74) is 1.91. The van der Waals surface area contributed by atoms with Crippen molar-refractivity contribution in [3.8, 4) is 0 Å². The fraction of sp³-hybridized carbons (Fsp3) is 0.857. The molecule has 3 heteroatoms. The summed E-state index contributed by atoms with van der Waals surface area (Å²) in [4.78, 5) is 11.9. The van der Waals surface area contributed by atoms with E-state index < -0.39 is 0 Å². The number of fused-ring (bicyclic) bond motifs is 6. The van der Waals surface area contributed by atoms with Gasteiger partial charge in [0.2, 0.25) is 0 Å². The van der Waals surface area contributed by atoms with Crippen molar-refractivity contribution >= 4 is 5.78 Å². The van der Waals surface area contributed by atoms with Gasteiger partial charge in [-0.1, -0.05) is 25.5 Å². The van der Waals surface area contributed by atoms with Crippen molar-refractivity contribution in [3.05, 3.63) is 11.6 Å². The Morgan fingerprint density at radius 3 is 2.58 bits per heavy atom. The number of allylic oxidation sites excluding steroid dienone is 2. The van der Waals surface area contributed by atoms with Crippen LogP contribution in [-0.2, 0) is 14.3 Å². The molecule has 0 N–H and O–H groups in total. The molecule has 0 bridgehead atoms. The highest BCUT2D eigenvalue weighted by molar-refractivity contribution is 5.82. The molecule has 1 heterocycles. The van der Waals surface area contributed by atoms with Gasteiger partial charge < -0.3 is 9.47 Å². The second-order valence-corrected chi connectivity index (χ2v) is 9.42. The first-order chi connectivity index (χ1) is 11.5. The number of ether oxygens (including phenoxy) is 2. The predicted molar refractivity (Wildman–Crippen MR) is 91.3 cm³/mol. The maximum Gasteiger partial charge on any atom is 0.174 e. The van der Waals surface area contributed by atoms with Crippen LogP contribution in [0.1, 0.15) is 65.2 Å². The van der Waals surface area contributed by atoms with Gasteiger partial charge in [-0.3, -0.25) is 4.79 Å². The molecular weight excluding hydrogens is 300 g/mol. The molecule has 3 saturated carbocycles. The van der Waals surface area contributed by atoms with Crippen LogP contribution in [0, 0.1) is 28.6 Å². The van der Waals surface area contributed by atoms with Crippen LogP contribution in [0.25, 0.3) is 0 Å². The molecule has 1 saturated heterocycles. The molecule has 0 radical (unpaired) electrons. The van der Waals surface area contributed by atoms with E-state index in [1.165, 1.54) is 31.3 Å². The molecule has 5 aliphatic rings. The highest BCUT2D eigenvalue weighted by atomic mass is 16.7. The van der Waals surface area contributed by atoms with Gasteiger partial charge in [0.1, 0.15) is 5.78 Å². The first-order valence-electron chi connectivity index (χ1n) is 9.98. The van der Waals surface area contributed by atoms with Gasteiger partial charge in [0.15, 0.2) is 5.79 Å². The Morgan fingerprint density at radius 2 is 1.79 bits per heavy atom. The smallest absolute Gasteiger partial charge is 0.174 e. The van der Waals surface area contributed by atoms with E-state index >= 15 is 0 Å². The minimum absolute atomic E-state index is 0.177. The number of carbonyl (C=O) groups is 1. The highest BCUT2D eigenvalue weighted by Gasteiger charge is 2.66. The molecule has 4 fully saturated rings. The molecule has 3 nitrogen and oxygen atoms in total. The normalized spacial score (nSPS) is 49.5. The van der Waals surface area contributed by atoms with Gasteiger partial charge in [0.05, 0.1) is 13.2 Å². The van der Waals surface area contributed by atoms with E-state index in [1.807, 2.05) is 0 Å². The van der Waals surface area contributed by atoms with Crippen molar-refractivity contribution in [1.29, 1.82) is 0 Å². The SMILES string of the molecule is C[C@]12CCC(=O)CC1=CC[C@@H]1C2CC[C@@]2(C)C1CCC21OCCO1. The quantitative estimate of drug-likeness (QED) is 0.623. The number of rotatable bonds is 0. The lowest BCUT2D eigenvalue weighted by Crippen LogP contribution is -2.54. The van der Waals surface area contributed by atoms with E-state index in [0.717, 1.165) is 50.7 Å². The molecule has 1 spiro atoms. The molecule has 0 aromatic carbocycles. The van der Waals surface area contributed by atoms with Crippen LogP contribution in [0.3, 0.4) is 0 Å². The number of hydrogen-bond donors (Lipinski definition) is 0. The molecule has 5 atom stereocenters. The first kappa shape index (κ1) is 15.6. The van der Waals surface area contributed by atoms with Gasteiger partial charge in [-0.25, -0.2) is 0 Å². The maximum atomic E-state index is 11.9. The second-order valence-electron chi connectivity index (χ2n) is 9.42. The van der Waals surface area contributed by atoms with Crippen LogP contribution in [0.5, 0.6) is 0 Å². The van der Waals surface area contributed by atoms with E-state index in [4.69, 9.17) is 9.47 Å². The van der Waals surface area contributed by atoms with Crippen molar-refractivity contribution in [2.75, 3.05) is 13.2 Å². The first-order valence-corrected chi connectivity index (χ1v) is 9.98. The fourth-order valence-corrected chi connectivity index (χ4v) is 7.36. The number of ketones is 1. The average molecular weight is 330 g/mol. The third kappa shape index (κ3) is 1.78. The largest absolute Gasteiger partial charge is 0.347 e. The van der Waals surface area contributed by atoms with Crippen molar-refractivity contribution in [1.82, 2.24) is 0 Å². The Kier molecular flexibility index (Phi) is 3.21. The Labute approximate surface area is 145 Å².